The maximum absolute atomic E-state index is 13.8. The van der Waals surface area contributed by atoms with Gasteiger partial charge in [0.15, 0.2) is 11.6 Å². The minimum Gasteiger partial charge on any atom is -0.494 e. The minimum absolute atomic E-state index is 0.170. The average molecular weight is 332 g/mol. The smallest absolute Gasteiger partial charge is 0.321 e. The summed E-state index contributed by atoms with van der Waals surface area (Å²) in [7, 11) is 3.29. The Kier molecular flexibility index (Phi) is 4.42. The van der Waals surface area contributed by atoms with Crippen molar-refractivity contribution in [3.63, 3.8) is 0 Å². The molecule has 0 unspecified atom stereocenters. The molecule has 3 rings (SSSR count). The molecule has 128 valence electrons. The standard InChI is InChI=1S/C17H21FN4O2/c1-11-6-16(24-3)14(18)7-15(11)20-17(23)22-5-4-12(10-22)13-8-19-21(2)9-13/h6-9,12H,4-5,10H2,1-3H3,(H,20,23)/t12-/m0/s1. The molecule has 1 atom stereocenters. The van der Waals surface area contributed by atoms with Crippen LogP contribution in [0, 0.1) is 12.7 Å². The zero-order valence-electron chi connectivity index (χ0n) is 14.0. The number of amides is 2. The number of methoxy groups -OCH3 is 1. The number of ether oxygens (including phenoxy) is 1. The third-order valence-electron chi connectivity index (χ3n) is 4.41. The topological polar surface area (TPSA) is 59.4 Å². The molecule has 0 spiro atoms. The summed E-state index contributed by atoms with van der Waals surface area (Å²) in [5.41, 5.74) is 2.35. The third kappa shape index (κ3) is 3.20. The summed E-state index contributed by atoms with van der Waals surface area (Å²) in [4.78, 5) is 14.2. The number of hydrogen-bond donors (Lipinski definition) is 1. The molecule has 1 aromatic heterocycles. The van der Waals surface area contributed by atoms with Crippen LogP contribution in [0.5, 0.6) is 5.75 Å². The lowest BCUT2D eigenvalue weighted by Gasteiger charge is -2.18. The van der Waals surface area contributed by atoms with Crippen molar-refractivity contribution in [2.24, 2.45) is 7.05 Å². The second kappa shape index (κ2) is 6.51. The molecule has 1 fully saturated rings. The fourth-order valence-electron chi connectivity index (χ4n) is 3.01. The van der Waals surface area contributed by atoms with Crippen LogP contribution in [0.25, 0.3) is 0 Å². The highest BCUT2D eigenvalue weighted by Crippen LogP contribution is 2.29. The minimum atomic E-state index is -0.493. The van der Waals surface area contributed by atoms with Gasteiger partial charge in [0.25, 0.3) is 0 Å². The molecule has 0 radical (unpaired) electrons. The van der Waals surface area contributed by atoms with Crippen LogP contribution < -0.4 is 10.1 Å². The van der Waals surface area contributed by atoms with Crippen LogP contribution in [-0.4, -0.2) is 40.9 Å². The van der Waals surface area contributed by atoms with E-state index in [0.29, 0.717) is 18.8 Å². The number of benzene rings is 1. The molecular weight excluding hydrogens is 311 g/mol. The number of aryl methyl sites for hydroxylation is 2. The molecule has 1 N–H and O–H groups in total. The van der Waals surface area contributed by atoms with E-state index < -0.39 is 5.82 Å². The monoisotopic (exact) mass is 332 g/mol. The first-order valence-electron chi connectivity index (χ1n) is 7.86. The molecule has 1 aliphatic heterocycles. The second-order valence-corrected chi connectivity index (χ2v) is 6.11. The Morgan fingerprint density at radius 1 is 1.46 bits per heavy atom. The van der Waals surface area contributed by atoms with E-state index in [2.05, 4.69) is 10.4 Å². The molecule has 1 aromatic carbocycles. The van der Waals surface area contributed by atoms with Crippen LogP contribution >= 0.6 is 0 Å². The van der Waals surface area contributed by atoms with Crippen LogP contribution in [0.3, 0.4) is 0 Å². The van der Waals surface area contributed by atoms with Crippen molar-refractivity contribution >= 4 is 11.7 Å². The van der Waals surface area contributed by atoms with Crippen LogP contribution in [0.4, 0.5) is 14.9 Å². The summed E-state index contributed by atoms with van der Waals surface area (Å²) >= 11 is 0. The number of nitrogens with one attached hydrogen (secondary N) is 1. The van der Waals surface area contributed by atoms with E-state index in [1.807, 2.05) is 19.4 Å². The lowest BCUT2D eigenvalue weighted by molar-refractivity contribution is 0.222. The maximum atomic E-state index is 13.8. The van der Waals surface area contributed by atoms with Gasteiger partial charge in [0.1, 0.15) is 0 Å². The Bertz CT molecular complexity index is 759. The number of carbonyl (C=O) groups excluding carboxylic acids is 1. The van der Waals surface area contributed by atoms with E-state index in [-0.39, 0.29) is 17.7 Å². The highest BCUT2D eigenvalue weighted by atomic mass is 19.1. The molecule has 7 heteroatoms. The molecule has 0 aliphatic carbocycles. The fraction of sp³-hybridized carbons (Fsp3) is 0.412. The van der Waals surface area contributed by atoms with Crippen molar-refractivity contribution in [1.29, 1.82) is 0 Å². The molecule has 0 bridgehead atoms. The van der Waals surface area contributed by atoms with Crippen LogP contribution in [0.2, 0.25) is 0 Å². The molecule has 6 nitrogen and oxygen atoms in total. The summed E-state index contributed by atoms with van der Waals surface area (Å²) in [6, 6.07) is 2.66. The second-order valence-electron chi connectivity index (χ2n) is 6.11. The van der Waals surface area contributed by atoms with Crippen molar-refractivity contribution in [3.8, 4) is 5.75 Å². The number of halogens is 1. The van der Waals surface area contributed by atoms with Gasteiger partial charge in [-0.3, -0.25) is 4.68 Å². The van der Waals surface area contributed by atoms with Gasteiger partial charge in [-0.05, 0) is 30.5 Å². The molecule has 2 amide bonds. The van der Waals surface area contributed by atoms with Crippen molar-refractivity contribution < 1.29 is 13.9 Å². The Balaban J connectivity index is 1.67. The number of rotatable bonds is 3. The van der Waals surface area contributed by atoms with Crippen molar-refractivity contribution in [2.45, 2.75) is 19.3 Å². The van der Waals surface area contributed by atoms with Crippen LogP contribution in [0.1, 0.15) is 23.5 Å². The summed E-state index contributed by atoms with van der Waals surface area (Å²) < 4.78 is 20.6. The number of aromatic nitrogens is 2. The lowest BCUT2D eigenvalue weighted by Crippen LogP contribution is -2.33. The van der Waals surface area contributed by atoms with Gasteiger partial charge in [-0.25, -0.2) is 9.18 Å². The number of likely N-dealkylation sites (tertiary alicyclic amines) is 1. The first-order chi connectivity index (χ1) is 11.5. The van der Waals surface area contributed by atoms with E-state index >= 15 is 0 Å². The van der Waals surface area contributed by atoms with Crippen molar-refractivity contribution in [2.75, 3.05) is 25.5 Å². The van der Waals surface area contributed by atoms with Crippen molar-refractivity contribution in [1.82, 2.24) is 14.7 Å². The van der Waals surface area contributed by atoms with Crippen molar-refractivity contribution in [3.05, 3.63) is 41.5 Å². The number of hydrogen-bond acceptors (Lipinski definition) is 3. The Morgan fingerprint density at radius 3 is 2.92 bits per heavy atom. The van der Waals surface area contributed by atoms with Gasteiger partial charge in [-0.15, -0.1) is 0 Å². The zero-order valence-corrected chi connectivity index (χ0v) is 14.0. The SMILES string of the molecule is COc1cc(C)c(NC(=O)N2CC[C@H](c3cnn(C)c3)C2)cc1F. The van der Waals surface area contributed by atoms with Crippen LogP contribution in [0.15, 0.2) is 24.5 Å². The molecular formula is C17H21FN4O2. The van der Waals surface area contributed by atoms with E-state index in [4.69, 9.17) is 4.74 Å². The zero-order chi connectivity index (χ0) is 17.3. The number of carbonyl (C=O) groups is 1. The molecule has 24 heavy (non-hydrogen) atoms. The summed E-state index contributed by atoms with van der Waals surface area (Å²) in [5, 5.41) is 6.97. The quantitative estimate of drug-likeness (QED) is 0.940. The van der Waals surface area contributed by atoms with Gasteiger partial charge < -0.3 is 15.0 Å². The predicted molar refractivity (Wildman–Crippen MR) is 88.8 cm³/mol. The largest absolute Gasteiger partial charge is 0.494 e. The van der Waals surface area contributed by atoms with Gasteiger partial charge >= 0.3 is 6.03 Å². The first kappa shape index (κ1) is 16.3. The van der Waals surface area contributed by atoms with E-state index in [0.717, 1.165) is 17.5 Å². The van der Waals surface area contributed by atoms with E-state index in [1.54, 1.807) is 22.6 Å². The van der Waals surface area contributed by atoms with Crippen LogP contribution in [-0.2, 0) is 7.05 Å². The summed E-state index contributed by atoms with van der Waals surface area (Å²) in [6.45, 7) is 3.11. The Labute approximate surface area is 140 Å². The third-order valence-corrected chi connectivity index (χ3v) is 4.41. The Hall–Kier alpha value is -2.57. The molecule has 1 saturated heterocycles. The van der Waals surface area contributed by atoms with Gasteiger partial charge in [0, 0.05) is 44.0 Å². The molecule has 0 saturated carbocycles. The Morgan fingerprint density at radius 2 is 2.25 bits per heavy atom. The first-order valence-corrected chi connectivity index (χ1v) is 7.86. The van der Waals surface area contributed by atoms with E-state index in [1.165, 1.54) is 13.2 Å². The summed E-state index contributed by atoms with van der Waals surface area (Å²) in [6.07, 6.45) is 4.72. The number of anilines is 1. The highest BCUT2D eigenvalue weighted by Gasteiger charge is 2.28. The summed E-state index contributed by atoms with van der Waals surface area (Å²) in [5.74, 6) is -0.0329. The fourth-order valence-corrected chi connectivity index (χ4v) is 3.01. The van der Waals surface area contributed by atoms with E-state index in [9.17, 15) is 9.18 Å². The van der Waals surface area contributed by atoms with Gasteiger partial charge in [-0.2, -0.15) is 5.10 Å². The van der Waals surface area contributed by atoms with Gasteiger partial charge in [0.05, 0.1) is 13.3 Å². The number of nitrogens with zero attached hydrogens (tertiary/aromatic N) is 3. The average Bonchev–Trinajstić information content (AvgIpc) is 3.19. The number of urea groups is 1. The molecule has 2 aromatic rings. The lowest BCUT2D eigenvalue weighted by atomic mass is 10.0. The normalized spacial score (nSPS) is 17.2. The highest BCUT2D eigenvalue weighted by molar-refractivity contribution is 5.90. The predicted octanol–water partition coefficient (Wildman–Crippen LogP) is 2.90. The molecule has 2 heterocycles. The molecule has 1 aliphatic rings. The van der Waals surface area contributed by atoms with Gasteiger partial charge in [-0.1, -0.05) is 0 Å². The maximum Gasteiger partial charge on any atom is 0.321 e. The van der Waals surface area contributed by atoms with Gasteiger partial charge in [0.2, 0.25) is 0 Å².